The summed E-state index contributed by atoms with van der Waals surface area (Å²) in [5.41, 5.74) is 3.85. The second kappa shape index (κ2) is 8.80. The Morgan fingerprint density at radius 2 is 1.23 bits per heavy atom. The maximum atomic E-state index is 13.5. The van der Waals surface area contributed by atoms with E-state index in [1.807, 2.05) is 54.6 Å². The Morgan fingerprint density at radius 3 is 1.90 bits per heavy atom. The lowest BCUT2D eigenvalue weighted by Crippen LogP contribution is -1.94. The summed E-state index contributed by atoms with van der Waals surface area (Å²) >= 11 is 0. The van der Waals surface area contributed by atoms with E-state index < -0.39 is 11.6 Å². The van der Waals surface area contributed by atoms with Gasteiger partial charge in [0.15, 0.2) is 11.6 Å². The molecule has 0 aromatic heterocycles. The molecule has 0 fully saturated rings. The molecule has 4 aromatic rings. The SMILES string of the molecule is CCCOc1ccc(-c2ccc(C#Cc3ccc4cc(F)c(F)cc4c3)cc2)cc1. The summed E-state index contributed by atoms with van der Waals surface area (Å²) in [6.45, 7) is 2.80. The quantitative estimate of drug-likeness (QED) is 0.337. The Hall–Kier alpha value is -3.64. The zero-order valence-corrected chi connectivity index (χ0v) is 16.6. The summed E-state index contributed by atoms with van der Waals surface area (Å²) < 4.78 is 32.4. The molecule has 0 saturated heterocycles. The molecule has 0 amide bonds. The van der Waals surface area contributed by atoms with Crippen molar-refractivity contribution in [2.45, 2.75) is 13.3 Å². The number of halogens is 2. The van der Waals surface area contributed by atoms with Gasteiger partial charge in [-0.1, -0.05) is 49.1 Å². The summed E-state index contributed by atoms with van der Waals surface area (Å²) in [5.74, 6) is 5.39. The molecule has 3 heteroatoms. The molecule has 0 aliphatic heterocycles. The van der Waals surface area contributed by atoms with Crippen LogP contribution in [0.25, 0.3) is 21.9 Å². The zero-order chi connectivity index (χ0) is 20.9. The van der Waals surface area contributed by atoms with Crippen LogP contribution in [-0.4, -0.2) is 6.61 Å². The number of benzene rings is 4. The van der Waals surface area contributed by atoms with E-state index >= 15 is 0 Å². The topological polar surface area (TPSA) is 9.23 Å². The van der Waals surface area contributed by atoms with Gasteiger partial charge in [-0.2, -0.15) is 0 Å². The van der Waals surface area contributed by atoms with Crippen LogP contribution in [0.3, 0.4) is 0 Å². The van der Waals surface area contributed by atoms with Crippen molar-refractivity contribution < 1.29 is 13.5 Å². The Bertz CT molecular complexity index is 1230. The molecule has 0 saturated carbocycles. The molecule has 0 spiro atoms. The summed E-state index contributed by atoms with van der Waals surface area (Å²) in [5, 5.41) is 1.28. The minimum atomic E-state index is -0.854. The maximum absolute atomic E-state index is 13.5. The van der Waals surface area contributed by atoms with Crippen LogP contribution in [0.5, 0.6) is 5.75 Å². The number of ether oxygens (including phenoxy) is 1. The third-order valence-corrected chi connectivity index (χ3v) is 4.78. The predicted molar refractivity (Wildman–Crippen MR) is 118 cm³/mol. The first-order valence-electron chi connectivity index (χ1n) is 9.86. The van der Waals surface area contributed by atoms with Gasteiger partial charge in [0.05, 0.1) is 6.61 Å². The number of hydrogen-bond acceptors (Lipinski definition) is 1. The fourth-order valence-electron chi connectivity index (χ4n) is 3.17. The Kier molecular flexibility index (Phi) is 5.77. The highest BCUT2D eigenvalue weighted by Gasteiger charge is 2.04. The molecule has 0 aliphatic carbocycles. The molecule has 30 heavy (non-hydrogen) atoms. The third-order valence-electron chi connectivity index (χ3n) is 4.78. The molecule has 1 nitrogen and oxygen atoms in total. The molecular formula is C27H20F2O. The molecule has 0 bridgehead atoms. The van der Waals surface area contributed by atoms with Gasteiger partial charge in [0.1, 0.15) is 5.75 Å². The summed E-state index contributed by atoms with van der Waals surface area (Å²) in [4.78, 5) is 0. The smallest absolute Gasteiger partial charge is 0.159 e. The van der Waals surface area contributed by atoms with Gasteiger partial charge in [-0.25, -0.2) is 8.78 Å². The monoisotopic (exact) mass is 398 g/mol. The van der Waals surface area contributed by atoms with Crippen molar-refractivity contribution in [3.63, 3.8) is 0 Å². The number of rotatable bonds is 4. The van der Waals surface area contributed by atoms with Crippen LogP contribution < -0.4 is 4.74 Å². The first-order valence-corrected chi connectivity index (χ1v) is 9.86. The van der Waals surface area contributed by atoms with Crippen LogP contribution in [0.1, 0.15) is 24.5 Å². The predicted octanol–water partition coefficient (Wildman–Crippen LogP) is 6.97. The number of hydrogen-bond donors (Lipinski definition) is 0. The van der Waals surface area contributed by atoms with Crippen molar-refractivity contribution in [1.82, 2.24) is 0 Å². The largest absolute Gasteiger partial charge is 0.494 e. The average molecular weight is 398 g/mol. The molecule has 4 aromatic carbocycles. The fourth-order valence-corrected chi connectivity index (χ4v) is 3.17. The van der Waals surface area contributed by atoms with E-state index in [1.54, 1.807) is 12.1 Å². The molecule has 0 N–H and O–H groups in total. The van der Waals surface area contributed by atoms with Gasteiger partial charge in [0.2, 0.25) is 0 Å². The van der Waals surface area contributed by atoms with Crippen LogP contribution in [0.15, 0.2) is 78.9 Å². The lowest BCUT2D eigenvalue weighted by molar-refractivity contribution is 0.317. The van der Waals surface area contributed by atoms with Crippen LogP contribution in [0, 0.1) is 23.5 Å². The van der Waals surface area contributed by atoms with Gasteiger partial charge < -0.3 is 4.74 Å². The van der Waals surface area contributed by atoms with Gasteiger partial charge >= 0.3 is 0 Å². The third kappa shape index (κ3) is 4.50. The standard InChI is InChI=1S/C27H20F2O/c1-2-15-30-25-13-11-22(12-14-25)21-8-5-19(6-9-21)3-4-20-7-10-23-17-26(28)27(29)18-24(23)16-20/h5-14,16-18H,2,15H2,1H3. The Labute approximate surface area is 174 Å². The highest BCUT2D eigenvalue weighted by Crippen LogP contribution is 2.23. The van der Waals surface area contributed by atoms with Crippen LogP contribution in [0.2, 0.25) is 0 Å². The molecule has 148 valence electrons. The Morgan fingerprint density at radius 1 is 0.667 bits per heavy atom. The molecule has 0 atom stereocenters. The number of fused-ring (bicyclic) bond motifs is 1. The lowest BCUT2D eigenvalue weighted by atomic mass is 10.0. The van der Waals surface area contributed by atoms with E-state index in [0.29, 0.717) is 10.8 Å². The van der Waals surface area contributed by atoms with Crippen molar-refractivity contribution in [2.24, 2.45) is 0 Å². The first-order chi connectivity index (χ1) is 14.6. The summed E-state index contributed by atoms with van der Waals surface area (Å²) in [6.07, 6.45) is 0.985. The van der Waals surface area contributed by atoms with Gasteiger partial charge in [-0.05, 0) is 76.9 Å². The fraction of sp³-hybridized carbons (Fsp3) is 0.111. The van der Waals surface area contributed by atoms with Crippen molar-refractivity contribution in [1.29, 1.82) is 0 Å². The molecule has 0 unspecified atom stereocenters. The van der Waals surface area contributed by atoms with Crippen molar-refractivity contribution >= 4 is 10.8 Å². The van der Waals surface area contributed by atoms with E-state index in [-0.39, 0.29) is 0 Å². The highest BCUT2D eigenvalue weighted by atomic mass is 19.2. The summed E-state index contributed by atoms with van der Waals surface area (Å²) in [7, 11) is 0. The molecule has 0 aliphatic rings. The Balaban J connectivity index is 1.51. The zero-order valence-electron chi connectivity index (χ0n) is 16.6. The highest BCUT2D eigenvalue weighted by molar-refractivity contribution is 5.84. The van der Waals surface area contributed by atoms with Crippen molar-refractivity contribution in [3.8, 4) is 28.7 Å². The average Bonchev–Trinajstić information content (AvgIpc) is 2.78. The van der Waals surface area contributed by atoms with Gasteiger partial charge in [-0.15, -0.1) is 0 Å². The van der Waals surface area contributed by atoms with Gasteiger partial charge in [-0.3, -0.25) is 0 Å². The van der Waals surface area contributed by atoms with Crippen LogP contribution >= 0.6 is 0 Å². The van der Waals surface area contributed by atoms with Crippen LogP contribution in [-0.2, 0) is 0 Å². The minimum absolute atomic E-state index is 0.627. The second-order valence-electron chi connectivity index (χ2n) is 7.03. The van der Waals surface area contributed by atoms with E-state index in [1.165, 1.54) is 12.1 Å². The van der Waals surface area contributed by atoms with Gasteiger partial charge in [0, 0.05) is 11.1 Å². The molecule has 0 heterocycles. The molecule has 4 rings (SSSR count). The molecule has 0 radical (unpaired) electrons. The normalized spacial score (nSPS) is 10.5. The van der Waals surface area contributed by atoms with E-state index in [0.717, 1.165) is 41.0 Å². The van der Waals surface area contributed by atoms with E-state index in [2.05, 4.69) is 18.8 Å². The second-order valence-corrected chi connectivity index (χ2v) is 7.03. The van der Waals surface area contributed by atoms with Crippen LogP contribution in [0.4, 0.5) is 8.78 Å². The van der Waals surface area contributed by atoms with Crippen molar-refractivity contribution in [3.05, 3.63) is 102 Å². The van der Waals surface area contributed by atoms with E-state index in [9.17, 15) is 8.78 Å². The maximum Gasteiger partial charge on any atom is 0.159 e. The molecular weight excluding hydrogens is 378 g/mol. The summed E-state index contributed by atoms with van der Waals surface area (Å²) in [6, 6.07) is 23.8. The van der Waals surface area contributed by atoms with E-state index in [4.69, 9.17) is 4.74 Å². The first kappa shape index (κ1) is 19.7. The lowest BCUT2D eigenvalue weighted by Gasteiger charge is -2.06. The van der Waals surface area contributed by atoms with Crippen molar-refractivity contribution in [2.75, 3.05) is 6.61 Å². The van der Waals surface area contributed by atoms with Gasteiger partial charge in [0.25, 0.3) is 0 Å². The minimum Gasteiger partial charge on any atom is -0.494 e.